The zero-order chi connectivity index (χ0) is 16.5. The number of hydrogen-bond donors (Lipinski definition) is 0. The van der Waals surface area contributed by atoms with Gasteiger partial charge in [0.15, 0.2) is 5.78 Å². The Hall–Kier alpha value is -0.590. The third-order valence-corrected chi connectivity index (χ3v) is 4.48. The molecular weight excluding hydrogens is 268 g/mol. The lowest BCUT2D eigenvalue weighted by Gasteiger charge is -2.03. The molecule has 0 N–H and O–H groups in total. The summed E-state index contributed by atoms with van der Waals surface area (Å²) in [5.74, 6) is 0.245. The van der Waals surface area contributed by atoms with E-state index in [4.69, 9.17) is 0 Å². The predicted molar refractivity (Wildman–Crippen MR) is 99.4 cm³/mol. The van der Waals surface area contributed by atoms with Crippen LogP contribution in [-0.4, -0.2) is 5.78 Å². The second kappa shape index (κ2) is 16.8. The molecule has 0 bridgehead atoms. The Balaban J connectivity index is 3.05. The third-order valence-electron chi connectivity index (χ3n) is 4.48. The summed E-state index contributed by atoms with van der Waals surface area (Å²) in [7, 11) is 0. The fraction of sp³-hybridized carbons (Fsp3) is 0.857. The van der Waals surface area contributed by atoms with Crippen molar-refractivity contribution in [2.45, 2.75) is 117 Å². The molecule has 0 rings (SSSR count). The molecule has 130 valence electrons. The number of rotatable bonds is 17. The fourth-order valence-corrected chi connectivity index (χ4v) is 2.87. The molecule has 0 amide bonds. The minimum absolute atomic E-state index is 0.245. The first-order valence-corrected chi connectivity index (χ1v) is 9.87. The van der Waals surface area contributed by atoms with Gasteiger partial charge in [0, 0.05) is 6.42 Å². The van der Waals surface area contributed by atoms with Gasteiger partial charge >= 0.3 is 0 Å². The highest BCUT2D eigenvalue weighted by Gasteiger charge is 2.01. The molecule has 1 nitrogen and oxygen atoms in total. The Morgan fingerprint density at radius 2 is 0.955 bits per heavy atom. The maximum Gasteiger partial charge on any atom is 0.157 e. The van der Waals surface area contributed by atoms with Gasteiger partial charge in [0.05, 0.1) is 0 Å². The molecule has 0 atom stereocenters. The molecule has 0 heterocycles. The van der Waals surface area contributed by atoms with Gasteiger partial charge in [-0.05, 0) is 18.9 Å². The lowest BCUT2D eigenvalue weighted by Crippen LogP contribution is -1.97. The average Bonchev–Trinajstić information content (AvgIpc) is 2.50. The van der Waals surface area contributed by atoms with Gasteiger partial charge in [0.1, 0.15) is 0 Å². The van der Waals surface area contributed by atoms with Crippen LogP contribution in [0.2, 0.25) is 0 Å². The second-order valence-corrected chi connectivity index (χ2v) is 6.90. The largest absolute Gasteiger partial charge is 0.295 e. The summed E-state index contributed by atoms with van der Waals surface area (Å²) in [6.45, 7) is 7.79. The summed E-state index contributed by atoms with van der Waals surface area (Å²) in [6.07, 6.45) is 21.2. The van der Waals surface area contributed by atoms with Crippen molar-refractivity contribution in [1.82, 2.24) is 0 Å². The Bertz CT molecular complexity index is 267. The van der Waals surface area contributed by atoms with Crippen molar-refractivity contribution in [3.05, 3.63) is 12.2 Å². The number of unbranched alkanes of at least 4 members (excludes halogenated alkanes) is 14. The molecule has 22 heavy (non-hydrogen) atoms. The van der Waals surface area contributed by atoms with Gasteiger partial charge in [-0.25, -0.2) is 0 Å². The summed E-state index contributed by atoms with van der Waals surface area (Å²) in [5.41, 5.74) is 0.713. The number of carbonyl (C=O) groups is 1. The van der Waals surface area contributed by atoms with Crippen LogP contribution >= 0.6 is 0 Å². The molecule has 0 spiro atoms. The van der Waals surface area contributed by atoms with Crippen LogP contribution in [0.15, 0.2) is 12.2 Å². The van der Waals surface area contributed by atoms with E-state index in [-0.39, 0.29) is 5.78 Å². The lowest BCUT2D eigenvalue weighted by molar-refractivity contribution is -0.115. The van der Waals surface area contributed by atoms with Crippen LogP contribution in [0.25, 0.3) is 0 Å². The molecule has 0 unspecified atom stereocenters. The van der Waals surface area contributed by atoms with Gasteiger partial charge in [-0.1, -0.05) is 103 Å². The van der Waals surface area contributed by atoms with Crippen LogP contribution < -0.4 is 0 Å². The van der Waals surface area contributed by atoms with E-state index in [1.54, 1.807) is 0 Å². The monoisotopic (exact) mass is 308 g/mol. The van der Waals surface area contributed by atoms with E-state index in [9.17, 15) is 4.79 Å². The molecule has 0 aliphatic heterocycles. The van der Waals surface area contributed by atoms with Crippen LogP contribution in [0.4, 0.5) is 0 Å². The highest BCUT2D eigenvalue weighted by Crippen LogP contribution is 2.14. The molecule has 0 radical (unpaired) electrons. The summed E-state index contributed by atoms with van der Waals surface area (Å²) in [4.78, 5) is 11.4. The summed E-state index contributed by atoms with van der Waals surface area (Å²) in [6, 6.07) is 0. The van der Waals surface area contributed by atoms with Crippen LogP contribution in [0.3, 0.4) is 0 Å². The van der Waals surface area contributed by atoms with E-state index in [2.05, 4.69) is 13.5 Å². The first kappa shape index (κ1) is 21.4. The van der Waals surface area contributed by atoms with Crippen molar-refractivity contribution in [2.24, 2.45) is 0 Å². The number of hydrogen-bond acceptors (Lipinski definition) is 1. The SMILES string of the molecule is C=C(C)C(=O)CCCCCCCCCCCCCCCCC. The van der Waals surface area contributed by atoms with Crippen LogP contribution in [0, 0.1) is 0 Å². The minimum atomic E-state index is 0.245. The number of allylic oxidation sites excluding steroid dienone is 1. The maximum absolute atomic E-state index is 11.4. The highest BCUT2D eigenvalue weighted by atomic mass is 16.1. The Morgan fingerprint density at radius 1 is 0.636 bits per heavy atom. The first-order chi connectivity index (χ1) is 10.7. The van der Waals surface area contributed by atoms with Crippen LogP contribution in [0.1, 0.15) is 117 Å². The van der Waals surface area contributed by atoms with Crippen LogP contribution in [0.5, 0.6) is 0 Å². The van der Waals surface area contributed by atoms with E-state index in [1.807, 2.05) is 6.92 Å². The van der Waals surface area contributed by atoms with Gasteiger partial charge in [0.25, 0.3) is 0 Å². The molecule has 0 aliphatic carbocycles. The lowest BCUT2D eigenvalue weighted by atomic mass is 10.0. The molecule has 1 heteroatoms. The van der Waals surface area contributed by atoms with Gasteiger partial charge in [-0.3, -0.25) is 4.79 Å². The molecule has 0 saturated carbocycles. The van der Waals surface area contributed by atoms with Crippen molar-refractivity contribution >= 4 is 5.78 Å². The summed E-state index contributed by atoms with van der Waals surface area (Å²) < 4.78 is 0. The molecule has 0 aromatic heterocycles. The molecule has 0 saturated heterocycles. The third kappa shape index (κ3) is 15.8. The standard InChI is InChI=1S/C21H40O/c1-4-5-6-7-8-9-10-11-12-13-14-15-16-17-18-19-21(22)20(2)3/h2,4-19H2,1,3H3. The average molecular weight is 309 g/mol. The van der Waals surface area contributed by atoms with E-state index >= 15 is 0 Å². The quantitative estimate of drug-likeness (QED) is 0.202. The number of carbonyl (C=O) groups excluding carboxylic acids is 1. The Labute approximate surface area is 140 Å². The highest BCUT2D eigenvalue weighted by molar-refractivity contribution is 5.93. The molecule has 0 aromatic carbocycles. The van der Waals surface area contributed by atoms with Gasteiger partial charge in [0.2, 0.25) is 0 Å². The van der Waals surface area contributed by atoms with Gasteiger partial charge < -0.3 is 0 Å². The van der Waals surface area contributed by atoms with E-state index < -0.39 is 0 Å². The number of Topliss-reactive ketones (excluding diaryl/α,β-unsaturated/α-hetero) is 1. The Morgan fingerprint density at radius 3 is 1.27 bits per heavy atom. The van der Waals surface area contributed by atoms with Crippen molar-refractivity contribution in [2.75, 3.05) is 0 Å². The fourth-order valence-electron chi connectivity index (χ4n) is 2.87. The topological polar surface area (TPSA) is 17.1 Å². The van der Waals surface area contributed by atoms with Gasteiger partial charge in [-0.15, -0.1) is 0 Å². The molecule has 0 aromatic rings. The van der Waals surface area contributed by atoms with Crippen molar-refractivity contribution in [1.29, 1.82) is 0 Å². The minimum Gasteiger partial charge on any atom is -0.295 e. The number of ketones is 1. The molecule has 0 fully saturated rings. The normalized spacial score (nSPS) is 10.8. The van der Waals surface area contributed by atoms with Gasteiger partial charge in [-0.2, -0.15) is 0 Å². The predicted octanol–water partition coefficient (Wildman–Crippen LogP) is 7.39. The van der Waals surface area contributed by atoms with Crippen molar-refractivity contribution in [3.63, 3.8) is 0 Å². The van der Waals surface area contributed by atoms with Crippen LogP contribution in [-0.2, 0) is 4.79 Å². The Kier molecular flexibility index (Phi) is 16.3. The summed E-state index contributed by atoms with van der Waals surface area (Å²) in [5, 5.41) is 0. The smallest absolute Gasteiger partial charge is 0.157 e. The van der Waals surface area contributed by atoms with Crippen molar-refractivity contribution in [3.8, 4) is 0 Å². The van der Waals surface area contributed by atoms with E-state index in [0.717, 1.165) is 6.42 Å². The molecule has 0 aliphatic rings. The van der Waals surface area contributed by atoms with Crippen molar-refractivity contribution < 1.29 is 4.79 Å². The zero-order valence-electron chi connectivity index (χ0n) is 15.4. The first-order valence-electron chi connectivity index (χ1n) is 9.87. The summed E-state index contributed by atoms with van der Waals surface area (Å²) >= 11 is 0. The molecular formula is C21H40O. The second-order valence-electron chi connectivity index (χ2n) is 6.90. The maximum atomic E-state index is 11.4. The zero-order valence-corrected chi connectivity index (χ0v) is 15.4. The van der Waals surface area contributed by atoms with E-state index in [1.165, 1.54) is 89.9 Å². The van der Waals surface area contributed by atoms with E-state index in [0.29, 0.717) is 12.0 Å².